The number of Topliss-reactive ketones (excluding diaryl/α,β-unsaturated/α-hetero) is 1. The molecule has 7 rings (SSSR count). The van der Waals surface area contributed by atoms with Gasteiger partial charge in [-0.3, -0.25) is 39.4 Å². The number of nitrogens with one attached hydrogen (secondary N) is 2. The molecule has 1 aliphatic heterocycles. The Morgan fingerprint density at radius 3 is 1.95 bits per heavy atom. The van der Waals surface area contributed by atoms with Gasteiger partial charge in [-0.05, 0) is 75.3 Å². The Morgan fingerprint density at radius 2 is 1.33 bits per heavy atom. The number of nitro groups is 2. The van der Waals surface area contributed by atoms with E-state index >= 15 is 0 Å². The molecule has 1 amide bonds. The van der Waals surface area contributed by atoms with Crippen LogP contribution in [0.4, 0.5) is 28.4 Å². The summed E-state index contributed by atoms with van der Waals surface area (Å²) in [6.07, 6.45) is 5.14. The molecule has 23 nitrogen and oxygen atoms in total. The number of ketones is 2. The molecule has 0 saturated carbocycles. The first kappa shape index (κ1) is 58.4. The number of amides is 1. The molecule has 23 heteroatoms. The Balaban J connectivity index is 0.704. The normalized spacial score (nSPS) is 13.9. The van der Waals surface area contributed by atoms with Crippen molar-refractivity contribution in [3.63, 3.8) is 0 Å². The highest BCUT2D eigenvalue weighted by molar-refractivity contribution is 6.29. The van der Waals surface area contributed by atoms with Gasteiger partial charge in [0.2, 0.25) is 0 Å². The Morgan fingerprint density at radius 1 is 0.718 bits per heavy atom. The number of hydrogen-bond acceptors (Lipinski definition) is 19. The second-order valence-corrected chi connectivity index (χ2v) is 18.5. The van der Waals surface area contributed by atoms with E-state index < -0.39 is 28.3 Å². The van der Waals surface area contributed by atoms with Crippen molar-refractivity contribution in [3.8, 4) is 11.3 Å². The van der Waals surface area contributed by atoms with Crippen molar-refractivity contribution < 1.29 is 71.8 Å². The predicted octanol–water partition coefficient (Wildman–Crippen LogP) is 7.51. The highest BCUT2D eigenvalue weighted by Gasteiger charge is 2.35. The number of carbonyl (C=O) groups is 4. The van der Waals surface area contributed by atoms with Crippen LogP contribution in [0.5, 0.6) is 0 Å². The number of unbranched alkanes of at least 4 members (excludes halogenated alkanes) is 2. The number of carbonyl (C=O) groups excluding carboxylic acids is 3. The fourth-order valence-corrected chi connectivity index (χ4v) is 9.19. The largest absolute Gasteiger partial charge is 0.480 e. The number of fused-ring (bicyclic) bond motifs is 2. The average Bonchev–Trinajstić information content (AvgIpc) is 3.91. The van der Waals surface area contributed by atoms with E-state index in [1.54, 1.807) is 36.4 Å². The summed E-state index contributed by atoms with van der Waals surface area (Å²) in [5.74, 6) is -1.47. The molecular weight excluding hydrogens is 1020 g/mol. The van der Waals surface area contributed by atoms with Gasteiger partial charge in [-0.1, -0.05) is 35.5 Å². The number of hydrogen-bond donors (Lipinski definition) is 3. The number of anilines is 3. The van der Waals surface area contributed by atoms with Crippen molar-refractivity contribution >= 4 is 62.8 Å². The Kier molecular flexibility index (Phi) is 22.9. The molecule has 4 aromatic carbocycles. The second kappa shape index (κ2) is 30.6. The van der Waals surface area contributed by atoms with E-state index in [2.05, 4.69) is 20.7 Å². The number of nitrogens with zero attached hydrogens (tertiary/aromatic N) is 4. The molecule has 0 spiro atoms. The second-order valence-electron chi connectivity index (χ2n) is 18.5. The van der Waals surface area contributed by atoms with Crippen molar-refractivity contribution in [3.05, 3.63) is 115 Å². The topological polar surface area (TPSA) is 293 Å². The zero-order valence-corrected chi connectivity index (χ0v) is 43.5. The van der Waals surface area contributed by atoms with Crippen LogP contribution in [0.2, 0.25) is 0 Å². The summed E-state index contributed by atoms with van der Waals surface area (Å²) in [4.78, 5) is 74.7. The molecule has 2 aliphatic rings. The van der Waals surface area contributed by atoms with Gasteiger partial charge in [0, 0.05) is 72.6 Å². The van der Waals surface area contributed by atoms with E-state index in [0.29, 0.717) is 194 Å². The summed E-state index contributed by atoms with van der Waals surface area (Å²) in [5.41, 5.74) is 3.86. The van der Waals surface area contributed by atoms with Crippen LogP contribution in [0.1, 0.15) is 76.8 Å². The molecule has 1 atom stereocenters. The van der Waals surface area contributed by atoms with Gasteiger partial charge in [0.25, 0.3) is 17.3 Å². The van der Waals surface area contributed by atoms with E-state index in [-0.39, 0.29) is 34.4 Å². The van der Waals surface area contributed by atoms with E-state index in [1.807, 2.05) is 18.2 Å². The monoisotopic (exact) mass is 1080 g/mol. The van der Waals surface area contributed by atoms with Crippen molar-refractivity contribution in [2.24, 2.45) is 5.92 Å². The van der Waals surface area contributed by atoms with Crippen LogP contribution in [0.3, 0.4) is 0 Å². The fraction of sp³-hybridized carbons (Fsp3) is 0.473. The van der Waals surface area contributed by atoms with Crippen LogP contribution in [0.15, 0.2) is 77.3 Å². The van der Waals surface area contributed by atoms with Crippen molar-refractivity contribution in [1.29, 1.82) is 0 Å². The number of non-ortho nitro benzene ring substituents is 1. The third-order valence-corrected chi connectivity index (χ3v) is 13.1. The maximum atomic E-state index is 14.2. The molecule has 0 bridgehead atoms. The van der Waals surface area contributed by atoms with E-state index in [0.717, 1.165) is 25.3 Å². The van der Waals surface area contributed by atoms with Gasteiger partial charge in [0.05, 0.1) is 118 Å². The summed E-state index contributed by atoms with van der Waals surface area (Å²) < 4.78 is 45.0. The number of nitro benzene ring substituents is 2. The van der Waals surface area contributed by atoms with Gasteiger partial charge in [0.1, 0.15) is 17.8 Å². The minimum absolute atomic E-state index is 0.185. The minimum atomic E-state index is -1.16. The molecule has 0 radical (unpaired) electrons. The maximum Gasteiger partial charge on any atom is 0.322 e. The number of carboxylic acid groups (broad SMARTS) is 1. The number of piperidine rings is 1. The molecule has 0 unspecified atom stereocenters. The molecular formula is C55H66N6O17. The first-order chi connectivity index (χ1) is 38.0. The quantitative estimate of drug-likeness (QED) is 0.0193. The molecule has 1 aliphatic carbocycles. The number of ether oxygens (including phenoxy) is 7. The lowest BCUT2D eigenvalue weighted by molar-refractivity contribution is -0.394. The lowest BCUT2D eigenvalue weighted by Gasteiger charge is -2.34. The standard InChI is InChI=1S/C55H66N6O17/c62-48(15-4-6-20-72-22-24-74-26-28-76-30-32-77-31-29-75-27-25-73-23-21-71-19-5-3-9-38-16-17-42(60(67)68)34-46(38)61(69)70)40-11-8-18-59(37-40)47-35-45(57-41-12-7-10-39(33-41)55(66)56-36-49(63)64)50-51-52(47)58-78-54(51)44-14-2-1-13-43(44)53(50)65/h1-2,7,10,12-14,16-17,33-35,40,57H,3-6,8-9,11,15,18-32,36-37H2,(H,56,66)(H,63,64)/t40-/m0/s1. The van der Waals surface area contributed by atoms with Crippen LogP contribution in [0.25, 0.3) is 22.2 Å². The first-order valence-corrected chi connectivity index (χ1v) is 26.2. The summed E-state index contributed by atoms with van der Waals surface area (Å²) in [5, 5.41) is 42.0. The highest BCUT2D eigenvalue weighted by Crippen LogP contribution is 2.47. The molecule has 3 N–H and O–H groups in total. The lowest BCUT2D eigenvalue weighted by atomic mass is 9.85. The summed E-state index contributed by atoms with van der Waals surface area (Å²) in [6.45, 7) is 6.60. The number of rotatable bonds is 37. The first-order valence-electron chi connectivity index (χ1n) is 26.2. The van der Waals surface area contributed by atoms with Gasteiger partial charge in [-0.25, -0.2) is 0 Å². The highest BCUT2D eigenvalue weighted by atomic mass is 16.6. The molecule has 1 aromatic heterocycles. The van der Waals surface area contributed by atoms with E-state index in [1.165, 1.54) is 12.1 Å². The minimum Gasteiger partial charge on any atom is -0.480 e. The van der Waals surface area contributed by atoms with Gasteiger partial charge in [0.15, 0.2) is 11.5 Å². The number of aromatic nitrogens is 1. The zero-order valence-electron chi connectivity index (χ0n) is 43.5. The summed E-state index contributed by atoms with van der Waals surface area (Å²) in [7, 11) is 0. The number of carboxylic acids is 1. The third kappa shape index (κ3) is 16.9. The zero-order chi connectivity index (χ0) is 55.1. The van der Waals surface area contributed by atoms with Crippen LogP contribution in [-0.4, -0.2) is 156 Å². The van der Waals surface area contributed by atoms with Crippen LogP contribution >= 0.6 is 0 Å². The van der Waals surface area contributed by atoms with E-state index in [4.69, 9.17) is 42.8 Å². The third-order valence-electron chi connectivity index (χ3n) is 13.1. The van der Waals surface area contributed by atoms with Crippen LogP contribution in [0, 0.1) is 26.1 Å². The van der Waals surface area contributed by atoms with Crippen LogP contribution < -0.4 is 15.5 Å². The SMILES string of the molecule is O=C(O)CNC(=O)c1cccc(Nc2cc(N3CCC[C@H](C(=O)CCCCOCCOCCOCCOCCOCCOCCOCCCCc4ccc([N+](=O)[O-])cc4[N+](=O)[O-])C3)c3noc4c3c2C(=O)c2ccccc2-4)c1. The maximum absolute atomic E-state index is 14.2. The Hall–Kier alpha value is -7.25. The van der Waals surface area contributed by atoms with Gasteiger partial charge >= 0.3 is 5.97 Å². The summed E-state index contributed by atoms with van der Waals surface area (Å²) >= 11 is 0. The molecule has 5 aromatic rings. The lowest BCUT2D eigenvalue weighted by Crippen LogP contribution is -2.39. The van der Waals surface area contributed by atoms with Crippen molar-refractivity contribution in [1.82, 2.24) is 10.5 Å². The van der Waals surface area contributed by atoms with Crippen molar-refractivity contribution in [2.75, 3.05) is 122 Å². The van der Waals surface area contributed by atoms with Gasteiger partial charge in [-0.2, -0.15) is 0 Å². The Bertz CT molecular complexity index is 2840. The molecule has 2 heterocycles. The van der Waals surface area contributed by atoms with Gasteiger partial charge < -0.3 is 58.3 Å². The number of aliphatic carboxylic acids is 1. The molecule has 1 fully saturated rings. The summed E-state index contributed by atoms with van der Waals surface area (Å²) in [6, 6.07) is 19.3. The molecule has 418 valence electrons. The van der Waals surface area contributed by atoms with Crippen LogP contribution in [-0.2, 0) is 49.2 Å². The number of benzene rings is 4. The smallest absolute Gasteiger partial charge is 0.322 e. The van der Waals surface area contributed by atoms with Crippen molar-refractivity contribution in [2.45, 2.75) is 51.4 Å². The Labute approximate surface area is 450 Å². The number of aryl methyl sites for hydroxylation is 1. The van der Waals surface area contributed by atoms with Gasteiger partial charge in [-0.15, -0.1) is 0 Å². The predicted molar refractivity (Wildman–Crippen MR) is 285 cm³/mol. The molecule has 1 saturated heterocycles. The van der Waals surface area contributed by atoms with E-state index in [9.17, 15) is 39.4 Å². The fourth-order valence-electron chi connectivity index (χ4n) is 9.19. The molecule has 78 heavy (non-hydrogen) atoms. The average molecular weight is 1080 g/mol.